The molecule has 82 valence electrons. The van der Waals surface area contributed by atoms with E-state index < -0.39 is 0 Å². The molecule has 0 bridgehead atoms. The summed E-state index contributed by atoms with van der Waals surface area (Å²) in [7, 11) is 0. The second-order valence-corrected chi connectivity index (χ2v) is 3.99. The SMILES string of the molecule is C=C(NCCOC(C)C)N1CCCC1. The van der Waals surface area contributed by atoms with Gasteiger partial charge in [-0.25, -0.2) is 0 Å². The molecule has 3 heteroatoms. The van der Waals surface area contributed by atoms with Crippen molar-refractivity contribution in [3.63, 3.8) is 0 Å². The Morgan fingerprint density at radius 2 is 2.07 bits per heavy atom. The molecule has 0 aromatic heterocycles. The lowest BCUT2D eigenvalue weighted by molar-refractivity contribution is 0.0810. The van der Waals surface area contributed by atoms with Crippen LogP contribution in [0, 0.1) is 0 Å². The Balaban J connectivity index is 2.03. The predicted molar refractivity (Wildman–Crippen MR) is 59.0 cm³/mol. The van der Waals surface area contributed by atoms with Gasteiger partial charge in [-0.05, 0) is 26.7 Å². The maximum atomic E-state index is 5.43. The molecule has 3 nitrogen and oxygen atoms in total. The van der Waals surface area contributed by atoms with E-state index in [1.54, 1.807) is 0 Å². The van der Waals surface area contributed by atoms with Gasteiger partial charge in [0.15, 0.2) is 0 Å². The van der Waals surface area contributed by atoms with Crippen LogP contribution in [0.25, 0.3) is 0 Å². The molecule has 0 saturated carbocycles. The molecule has 0 atom stereocenters. The maximum absolute atomic E-state index is 5.43. The van der Waals surface area contributed by atoms with E-state index in [-0.39, 0.29) is 0 Å². The van der Waals surface area contributed by atoms with E-state index >= 15 is 0 Å². The summed E-state index contributed by atoms with van der Waals surface area (Å²) in [6.45, 7) is 12.0. The molecule has 1 aliphatic rings. The highest BCUT2D eigenvalue weighted by molar-refractivity contribution is 4.93. The van der Waals surface area contributed by atoms with Crippen molar-refractivity contribution in [2.24, 2.45) is 0 Å². The van der Waals surface area contributed by atoms with E-state index in [4.69, 9.17) is 4.74 Å². The first-order valence-corrected chi connectivity index (χ1v) is 5.49. The van der Waals surface area contributed by atoms with Gasteiger partial charge in [-0.15, -0.1) is 0 Å². The number of likely N-dealkylation sites (tertiary alicyclic amines) is 1. The highest BCUT2D eigenvalue weighted by atomic mass is 16.5. The number of nitrogens with one attached hydrogen (secondary N) is 1. The number of hydrogen-bond acceptors (Lipinski definition) is 3. The zero-order valence-electron chi connectivity index (χ0n) is 9.38. The van der Waals surface area contributed by atoms with E-state index in [2.05, 4.69) is 30.6 Å². The summed E-state index contributed by atoms with van der Waals surface area (Å²) in [4.78, 5) is 2.30. The second-order valence-electron chi connectivity index (χ2n) is 3.99. The molecule has 1 heterocycles. The van der Waals surface area contributed by atoms with Crippen LogP contribution in [0.1, 0.15) is 26.7 Å². The van der Waals surface area contributed by atoms with Crippen LogP contribution in [0.2, 0.25) is 0 Å². The van der Waals surface area contributed by atoms with Crippen molar-refractivity contribution < 1.29 is 4.74 Å². The van der Waals surface area contributed by atoms with Crippen LogP contribution >= 0.6 is 0 Å². The average molecular weight is 198 g/mol. The summed E-state index contributed by atoms with van der Waals surface area (Å²) >= 11 is 0. The Labute approximate surface area is 87.1 Å². The lowest BCUT2D eigenvalue weighted by atomic mass is 10.4. The Kier molecular flexibility index (Phi) is 4.80. The largest absolute Gasteiger partial charge is 0.377 e. The lowest BCUT2D eigenvalue weighted by Crippen LogP contribution is -2.31. The Hall–Kier alpha value is -0.700. The smallest absolute Gasteiger partial charge is 0.0939 e. The molecule has 1 aliphatic heterocycles. The Bertz CT molecular complexity index is 174. The summed E-state index contributed by atoms with van der Waals surface area (Å²) in [6.07, 6.45) is 2.91. The predicted octanol–water partition coefficient (Wildman–Crippen LogP) is 1.57. The first-order valence-electron chi connectivity index (χ1n) is 5.49. The summed E-state index contributed by atoms with van der Waals surface area (Å²) in [5.74, 6) is 1.05. The van der Waals surface area contributed by atoms with Gasteiger partial charge < -0.3 is 15.0 Å². The van der Waals surface area contributed by atoms with E-state index in [9.17, 15) is 0 Å². The first-order chi connectivity index (χ1) is 6.70. The maximum Gasteiger partial charge on any atom is 0.0939 e. The quantitative estimate of drug-likeness (QED) is 0.656. The number of nitrogens with zero attached hydrogens (tertiary/aromatic N) is 1. The number of ether oxygens (including phenoxy) is 1. The van der Waals surface area contributed by atoms with E-state index in [0.29, 0.717) is 6.10 Å². The minimum Gasteiger partial charge on any atom is -0.377 e. The monoisotopic (exact) mass is 198 g/mol. The van der Waals surface area contributed by atoms with Gasteiger partial charge in [0.05, 0.1) is 18.5 Å². The molecule has 0 radical (unpaired) electrons. The van der Waals surface area contributed by atoms with E-state index in [1.165, 1.54) is 12.8 Å². The van der Waals surface area contributed by atoms with Gasteiger partial charge in [0.1, 0.15) is 0 Å². The second kappa shape index (κ2) is 5.91. The van der Waals surface area contributed by atoms with Crippen LogP contribution < -0.4 is 5.32 Å². The average Bonchev–Trinajstić information content (AvgIpc) is 2.64. The molecule has 1 saturated heterocycles. The van der Waals surface area contributed by atoms with Gasteiger partial charge in [-0.1, -0.05) is 6.58 Å². The standard InChI is InChI=1S/C11H22N2O/c1-10(2)14-9-6-12-11(3)13-7-4-5-8-13/h10,12H,3-9H2,1-2H3. The van der Waals surface area contributed by atoms with Crippen molar-refractivity contribution in [1.29, 1.82) is 0 Å². The van der Waals surface area contributed by atoms with Crippen LogP contribution in [0.5, 0.6) is 0 Å². The van der Waals surface area contributed by atoms with Crippen LogP contribution in [0.4, 0.5) is 0 Å². The molecule has 0 aromatic carbocycles. The number of rotatable bonds is 6. The topological polar surface area (TPSA) is 24.5 Å². The molecule has 14 heavy (non-hydrogen) atoms. The van der Waals surface area contributed by atoms with Crippen molar-refractivity contribution in [2.45, 2.75) is 32.8 Å². The van der Waals surface area contributed by atoms with Crippen molar-refractivity contribution >= 4 is 0 Å². The summed E-state index contributed by atoms with van der Waals surface area (Å²) < 4.78 is 5.43. The molecule has 1 fully saturated rings. The molecular formula is C11H22N2O. The lowest BCUT2D eigenvalue weighted by Gasteiger charge is -2.21. The van der Waals surface area contributed by atoms with Gasteiger partial charge in [0.25, 0.3) is 0 Å². The van der Waals surface area contributed by atoms with Crippen molar-refractivity contribution in [2.75, 3.05) is 26.2 Å². The summed E-state index contributed by atoms with van der Waals surface area (Å²) in [5, 5.41) is 3.29. The fourth-order valence-corrected chi connectivity index (χ4v) is 1.59. The Morgan fingerprint density at radius 3 is 2.64 bits per heavy atom. The van der Waals surface area contributed by atoms with Crippen molar-refractivity contribution in [3.8, 4) is 0 Å². The third-order valence-corrected chi connectivity index (χ3v) is 2.37. The molecule has 0 aliphatic carbocycles. The minimum absolute atomic E-state index is 0.317. The zero-order valence-corrected chi connectivity index (χ0v) is 9.38. The zero-order chi connectivity index (χ0) is 10.4. The summed E-state index contributed by atoms with van der Waals surface area (Å²) in [5.41, 5.74) is 0. The van der Waals surface area contributed by atoms with Crippen LogP contribution in [0.3, 0.4) is 0 Å². The van der Waals surface area contributed by atoms with Gasteiger partial charge in [-0.2, -0.15) is 0 Å². The van der Waals surface area contributed by atoms with Gasteiger partial charge >= 0.3 is 0 Å². The third kappa shape index (κ3) is 4.01. The molecule has 1 N–H and O–H groups in total. The highest BCUT2D eigenvalue weighted by Gasteiger charge is 2.12. The number of hydrogen-bond donors (Lipinski definition) is 1. The molecule has 0 unspecified atom stereocenters. The van der Waals surface area contributed by atoms with E-state index in [1.807, 2.05) is 0 Å². The first kappa shape index (κ1) is 11.4. The van der Waals surface area contributed by atoms with Crippen LogP contribution in [-0.4, -0.2) is 37.2 Å². The van der Waals surface area contributed by atoms with Crippen LogP contribution in [0.15, 0.2) is 12.4 Å². The summed E-state index contributed by atoms with van der Waals surface area (Å²) in [6, 6.07) is 0. The Morgan fingerprint density at radius 1 is 1.43 bits per heavy atom. The van der Waals surface area contributed by atoms with Gasteiger partial charge in [-0.3, -0.25) is 0 Å². The fraction of sp³-hybridized carbons (Fsp3) is 0.818. The molecule has 0 aromatic rings. The van der Waals surface area contributed by atoms with E-state index in [0.717, 1.165) is 32.1 Å². The fourth-order valence-electron chi connectivity index (χ4n) is 1.59. The third-order valence-electron chi connectivity index (χ3n) is 2.37. The van der Waals surface area contributed by atoms with Crippen molar-refractivity contribution in [1.82, 2.24) is 10.2 Å². The molecular weight excluding hydrogens is 176 g/mol. The molecule has 0 amide bonds. The highest BCUT2D eigenvalue weighted by Crippen LogP contribution is 2.10. The minimum atomic E-state index is 0.317. The van der Waals surface area contributed by atoms with Gasteiger partial charge in [0, 0.05) is 19.6 Å². The van der Waals surface area contributed by atoms with Crippen molar-refractivity contribution in [3.05, 3.63) is 12.4 Å². The van der Waals surface area contributed by atoms with Crippen LogP contribution in [-0.2, 0) is 4.74 Å². The molecule has 1 rings (SSSR count). The molecule has 0 spiro atoms. The normalized spacial score (nSPS) is 16.4. The van der Waals surface area contributed by atoms with Gasteiger partial charge in [0.2, 0.25) is 0 Å².